The van der Waals surface area contributed by atoms with Gasteiger partial charge in [-0.05, 0) is 41.8 Å². The zero-order valence-corrected chi connectivity index (χ0v) is 16.6. The molecule has 30 heavy (non-hydrogen) atoms. The number of para-hydroxylation sites is 1. The Morgan fingerprint density at radius 2 is 1.40 bits per heavy atom. The topological polar surface area (TPSA) is 49.9 Å². The molecule has 5 heteroatoms. The number of carbonyl (C=O) groups is 2. The second kappa shape index (κ2) is 7.43. The molecule has 3 aromatic carbocycles. The lowest BCUT2D eigenvalue weighted by molar-refractivity contribution is -0.126. The van der Waals surface area contributed by atoms with Crippen LogP contribution in [-0.4, -0.2) is 17.9 Å². The quantitative estimate of drug-likeness (QED) is 0.615. The van der Waals surface area contributed by atoms with Crippen LogP contribution in [0.1, 0.15) is 24.1 Å². The fraction of sp³-hybridized carbons (Fsp3) is 0.200. The van der Waals surface area contributed by atoms with Gasteiger partial charge in [0, 0.05) is 0 Å². The number of hydrogen-bond acceptors (Lipinski definition) is 4. The van der Waals surface area contributed by atoms with Crippen LogP contribution in [0.5, 0.6) is 0 Å². The molecule has 0 saturated carbocycles. The highest BCUT2D eigenvalue weighted by Gasteiger charge is 2.60. The standard InChI is InChI=1S/C25H22N2O3/c1-2-17-13-15-19(16-14-17)26-24(28)21-22(18-9-5-3-6-10-18)27(30-23(21)25(26)29)20-11-7-4-8-12-20/h3-16,21-23H,2H2,1H3/t21-,22-,23+/m0/s1. The fourth-order valence-corrected chi connectivity index (χ4v) is 4.34. The molecule has 2 aliphatic heterocycles. The summed E-state index contributed by atoms with van der Waals surface area (Å²) in [5.74, 6) is -1.14. The predicted molar refractivity (Wildman–Crippen MR) is 115 cm³/mol. The van der Waals surface area contributed by atoms with E-state index in [0.717, 1.165) is 23.2 Å². The van der Waals surface area contributed by atoms with Crippen molar-refractivity contribution < 1.29 is 14.4 Å². The molecule has 0 aliphatic carbocycles. The molecule has 0 spiro atoms. The van der Waals surface area contributed by atoms with Crippen LogP contribution in [0.3, 0.4) is 0 Å². The van der Waals surface area contributed by atoms with E-state index in [1.807, 2.05) is 84.9 Å². The summed E-state index contributed by atoms with van der Waals surface area (Å²) in [5.41, 5.74) is 3.52. The molecule has 0 radical (unpaired) electrons. The van der Waals surface area contributed by atoms with Gasteiger partial charge in [-0.15, -0.1) is 0 Å². The van der Waals surface area contributed by atoms with Gasteiger partial charge < -0.3 is 0 Å². The molecule has 2 heterocycles. The molecule has 150 valence electrons. The van der Waals surface area contributed by atoms with Crippen LogP contribution in [0, 0.1) is 5.92 Å². The van der Waals surface area contributed by atoms with E-state index < -0.39 is 12.0 Å². The lowest BCUT2D eigenvalue weighted by atomic mass is 9.90. The first-order valence-electron chi connectivity index (χ1n) is 10.2. The number of fused-ring (bicyclic) bond motifs is 1. The molecule has 0 unspecified atom stereocenters. The lowest BCUT2D eigenvalue weighted by Crippen LogP contribution is -2.37. The zero-order chi connectivity index (χ0) is 20.7. The van der Waals surface area contributed by atoms with E-state index in [2.05, 4.69) is 6.92 Å². The summed E-state index contributed by atoms with van der Waals surface area (Å²) in [6.45, 7) is 2.07. The maximum Gasteiger partial charge on any atom is 0.266 e. The minimum absolute atomic E-state index is 0.221. The lowest BCUT2D eigenvalue weighted by Gasteiger charge is -2.28. The smallest absolute Gasteiger partial charge is 0.266 e. The highest BCUT2D eigenvalue weighted by Crippen LogP contribution is 2.47. The molecular formula is C25H22N2O3. The summed E-state index contributed by atoms with van der Waals surface area (Å²) in [6.07, 6.45) is 0.0623. The summed E-state index contributed by atoms with van der Waals surface area (Å²) in [7, 11) is 0. The molecule has 2 saturated heterocycles. The number of hydroxylamine groups is 1. The maximum atomic E-state index is 13.5. The number of aryl methyl sites for hydroxylation is 1. The van der Waals surface area contributed by atoms with Crippen molar-refractivity contribution in [2.45, 2.75) is 25.5 Å². The van der Waals surface area contributed by atoms with Crippen molar-refractivity contribution in [3.8, 4) is 0 Å². The monoisotopic (exact) mass is 398 g/mol. The van der Waals surface area contributed by atoms with Crippen molar-refractivity contribution in [2.75, 3.05) is 9.96 Å². The molecule has 5 rings (SSSR count). The number of rotatable bonds is 4. The molecule has 2 aliphatic rings. The van der Waals surface area contributed by atoms with Crippen molar-refractivity contribution in [1.29, 1.82) is 0 Å². The molecular weight excluding hydrogens is 376 g/mol. The third-order valence-electron chi connectivity index (χ3n) is 5.87. The Kier molecular flexibility index (Phi) is 4.60. The molecule has 0 aromatic heterocycles. The van der Waals surface area contributed by atoms with Gasteiger partial charge in [0.25, 0.3) is 5.91 Å². The van der Waals surface area contributed by atoms with Gasteiger partial charge >= 0.3 is 0 Å². The Morgan fingerprint density at radius 1 is 0.767 bits per heavy atom. The second-order valence-corrected chi connectivity index (χ2v) is 7.60. The Labute approximate surface area is 175 Å². The van der Waals surface area contributed by atoms with Gasteiger partial charge in [-0.25, -0.2) is 9.96 Å². The van der Waals surface area contributed by atoms with Crippen LogP contribution >= 0.6 is 0 Å². The minimum Gasteiger partial charge on any atom is -0.273 e. The van der Waals surface area contributed by atoms with Gasteiger partial charge in [0.05, 0.1) is 17.4 Å². The summed E-state index contributed by atoms with van der Waals surface area (Å²) >= 11 is 0. The molecule has 2 fully saturated rings. The highest BCUT2D eigenvalue weighted by molar-refractivity contribution is 6.23. The largest absolute Gasteiger partial charge is 0.273 e. The van der Waals surface area contributed by atoms with Gasteiger partial charge in [0.2, 0.25) is 5.91 Å². The SMILES string of the molecule is CCc1ccc(N2C(=O)[C@@H]3[C@@H](ON(c4ccccc4)[C@H]3c3ccccc3)C2=O)cc1. The van der Waals surface area contributed by atoms with Crippen molar-refractivity contribution in [2.24, 2.45) is 5.92 Å². The number of anilines is 2. The summed E-state index contributed by atoms with van der Waals surface area (Å²) < 4.78 is 0. The van der Waals surface area contributed by atoms with Crippen LogP contribution < -0.4 is 9.96 Å². The average Bonchev–Trinajstić information content (AvgIpc) is 3.31. The Hall–Kier alpha value is -3.44. The molecule has 0 bridgehead atoms. The van der Waals surface area contributed by atoms with E-state index >= 15 is 0 Å². The van der Waals surface area contributed by atoms with Gasteiger partial charge in [-0.2, -0.15) is 0 Å². The number of carbonyl (C=O) groups excluding carboxylic acids is 2. The maximum absolute atomic E-state index is 13.5. The van der Waals surface area contributed by atoms with E-state index in [0.29, 0.717) is 5.69 Å². The first-order valence-corrected chi connectivity index (χ1v) is 10.2. The highest BCUT2D eigenvalue weighted by atomic mass is 16.7. The third-order valence-corrected chi connectivity index (χ3v) is 5.87. The predicted octanol–water partition coefficient (Wildman–Crippen LogP) is 4.30. The summed E-state index contributed by atoms with van der Waals surface area (Å²) in [5, 5.41) is 1.72. The molecule has 5 nitrogen and oxygen atoms in total. The second-order valence-electron chi connectivity index (χ2n) is 7.60. The number of benzene rings is 3. The van der Waals surface area contributed by atoms with Crippen molar-refractivity contribution in [3.05, 3.63) is 96.1 Å². The average molecular weight is 398 g/mol. The first-order chi connectivity index (χ1) is 14.7. The van der Waals surface area contributed by atoms with E-state index in [1.165, 1.54) is 4.90 Å². The van der Waals surface area contributed by atoms with Crippen LogP contribution in [0.2, 0.25) is 0 Å². The Balaban J connectivity index is 1.55. The van der Waals surface area contributed by atoms with Crippen LogP contribution in [0.4, 0.5) is 11.4 Å². The van der Waals surface area contributed by atoms with E-state index in [9.17, 15) is 9.59 Å². The van der Waals surface area contributed by atoms with Crippen LogP contribution in [0.25, 0.3) is 0 Å². The number of nitrogens with zero attached hydrogens (tertiary/aromatic N) is 2. The first kappa shape index (κ1) is 18.6. The minimum atomic E-state index is -0.839. The van der Waals surface area contributed by atoms with Crippen molar-refractivity contribution in [1.82, 2.24) is 0 Å². The van der Waals surface area contributed by atoms with Gasteiger partial charge in [-0.1, -0.05) is 67.6 Å². The van der Waals surface area contributed by atoms with E-state index in [1.54, 1.807) is 5.06 Å². The van der Waals surface area contributed by atoms with Gasteiger partial charge in [0.1, 0.15) is 5.92 Å². The number of hydrogen-bond donors (Lipinski definition) is 0. The molecule has 3 aromatic rings. The van der Waals surface area contributed by atoms with Gasteiger partial charge in [0.15, 0.2) is 6.10 Å². The molecule has 0 N–H and O–H groups in total. The summed E-state index contributed by atoms with van der Waals surface area (Å²) in [6, 6.07) is 26.6. The Bertz CT molecular complexity index is 1070. The van der Waals surface area contributed by atoms with E-state index in [-0.39, 0.29) is 17.9 Å². The number of amides is 2. The normalized spacial score (nSPS) is 23.2. The number of imide groups is 1. The zero-order valence-electron chi connectivity index (χ0n) is 16.6. The Morgan fingerprint density at radius 3 is 2.03 bits per heavy atom. The third kappa shape index (κ3) is 2.90. The molecule has 3 atom stereocenters. The van der Waals surface area contributed by atoms with Crippen LogP contribution in [0.15, 0.2) is 84.9 Å². The van der Waals surface area contributed by atoms with E-state index in [4.69, 9.17) is 4.84 Å². The van der Waals surface area contributed by atoms with Gasteiger partial charge in [-0.3, -0.25) is 14.4 Å². The summed E-state index contributed by atoms with van der Waals surface area (Å²) in [4.78, 5) is 34.2. The fourth-order valence-electron chi connectivity index (χ4n) is 4.34. The molecule has 2 amide bonds. The van der Waals surface area contributed by atoms with Crippen LogP contribution in [-0.2, 0) is 20.8 Å². The van der Waals surface area contributed by atoms with Crippen molar-refractivity contribution >= 4 is 23.2 Å². The van der Waals surface area contributed by atoms with Crippen molar-refractivity contribution in [3.63, 3.8) is 0 Å².